The van der Waals surface area contributed by atoms with Gasteiger partial charge in [0.2, 0.25) is 0 Å². The maximum Gasteiger partial charge on any atom is 0.261 e. The van der Waals surface area contributed by atoms with Crippen LogP contribution in [0.15, 0.2) is 0 Å². The van der Waals surface area contributed by atoms with Gasteiger partial charge in [0.05, 0.1) is 12.6 Å². The van der Waals surface area contributed by atoms with Crippen LogP contribution in [0.3, 0.4) is 0 Å². The normalized spacial score (nSPS) is 30.1. The van der Waals surface area contributed by atoms with E-state index in [0.29, 0.717) is 50.5 Å². The average Bonchev–Trinajstić information content (AvgIpc) is 3.26. The Balaban J connectivity index is 1.60. The third-order valence-corrected chi connectivity index (χ3v) is 8.79. The Kier molecular flexibility index (Phi) is 6.42. The molecular formula is C25H35Cl2F2N5O2. The van der Waals surface area contributed by atoms with Crippen LogP contribution in [0.5, 0.6) is 5.75 Å². The van der Waals surface area contributed by atoms with Crippen molar-refractivity contribution in [1.82, 2.24) is 20.1 Å². The number of rotatable bonds is 2. The van der Waals surface area contributed by atoms with Crippen molar-refractivity contribution >= 4 is 34.9 Å². The number of pyridine rings is 1. The first-order valence-corrected chi connectivity index (χ1v) is 13.4. The van der Waals surface area contributed by atoms with Gasteiger partial charge < -0.3 is 19.9 Å². The number of ether oxygens (including phenoxy) is 1. The standard InChI is InChI=1S/C25H35Cl2F2N5O2/c1-23(2,3)19-15-11-30-7-9-33(15)22(35)16-18(36-19)17(26)20(27)31-21(16)34-12-14(10-24(34,4)5)32-8-6-25(28,29)13-32/h14-15,19,30H,6-13H2,1-5H3/t14?,15-,19?/m1/s1. The van der Waals surface area contributed by atoms with Gasteiger partial charge in [-0.15, -0.1) is 0 Å². The van der Waals surface area contributed by atoms with E-state index >= 15 is 0 Å². The molecule has 200 valence electrons. The third-order valence-electron chi connectivity index (χ3n) is 8.07. The molecule has 4 aliphatic heterocycles. The van der Waals surface area contributed by atoms with Crippen molar-refractivity contribution in [2.24, 2.45) is 5.41 Å². The van der Waals surface area contributed by atoms with E-state index in [-0.39, 0.29) is 58.4 Å². The number of carbonyl (C=O) groups is 1. The van der Waals surface area contributed by atoms with Gasteiger partial charge in [0.25, 0.3) is 11.8 Å². The molecule has 0 saturated carbocycles. The van der Waals surface area contributed by atoms with Gasteiger partial charge in [-0.1, -0.05) is 44.0 Å². The number of fused-ring (bicyclic) bond motifs is 2. The van der Waals surface area contributed by atoms with Crippen LogP contribution in [0.25, 0.3) is 0 Å². The Bertz CT molecular complexity index is 1060. The molecule has 0 bridgehead atoms. The minimum absolute atomic E-state index is 0.0656. The smallest absolute Gasteiger partial charge is 0.261 e. The van der Waals surface area contributed by atoms with Gasteiger partial charge in [0.15, 0.2) is 10.9 Å². The number of hydrogen-bond donors (Lipinski definition) is 1. The number of aromatic nitrogens is 1. The topological polar surface area (TPSA) is 60.9 Å². The number of hydrogen-bond acceptors (Lipinski definition) is 6. The summed E-state index contributed by atoms with van der Waals surface area (Å²) in [6.07, 6.45) is 0.204. The van der Waals surface area contributed by atoms with E-state index in [1.54, 1.807) is 0 Å². The fourth-order valence-electron chi connectivity index (χ4n) is 6.25. The number of halogens is 4. The molecule has 4 aliphatic rings. The summed E-state index contributed by atoms with van der Waals surface area (Å²) in [5.74, 6) is -2.18. The summed E-state index contributed by atoms with van der Waals surface area (Å²) in [6, 6.07) is -0.274. The first-order valence-electron chi connectivity index (χ1n) is 12.7. The summed E-state index contributed by atoms with van der Waals surface area (Å²) >= 11 is 13.2. The minimum Gasteiger partial charge on any atom is -0.485 e. The predicted octanol–water partition coefficient (Wildman–Crippen LogP) is 4.31. The lowest BCUT2D eigenvalue weighted by molar-refractivity contribution is 0.00234. The summed E-state index contributed by atoms with van der Waals surface area (Å²) in [4.78, 5) is 24.5. The van der Waals surface area contributed by atoms with E-state index in [0.717, 1.165) is 0 Å². The van der Waals surface area contributed by atoms with Crippen LogP contribution in [-0.4, -0.2) is 89.6 Å². The molecule has 3 atom stereocenters. The van der Waals surface area contributed by atoms with Crippen LogP contribution in [0, 0.1) is 5.41 Å². The maximum atomic E-state index is 14.2. The molecule has 2 unspecified atom stereocenters. The summed E-state index contributed by atoms with van der Waals surface area (Å²) in [5.41, 5.74) is -0.426. The van der Waals surface area contributed by atoms with Crippen molar-refractivity contribution in [2.45, 2.75) is 77.1 Å². The number of piperazine rings is 1. The van der Waals surface area contributed by atoms with Crippen molar-refractivity contribution in [1.29, 1.82) is 0 Å². The minimum atomic E-state index is -2.67. The zero-order valence-electron chi connectivity index (χ0n) is 21.5. The summed E-state index contributed by atoms with van der Waals surface area (Å²) in [7, 11) is 0. The van der Waals surface area contributed by atoms with E-state index in [1.165, 1.54) is 0 Å². The molecule has 1 aromatic rings. The molecule has 1 amide bonds. The summed E-state index contributed by atoms with van der Waals surface area (Å²) in [6.45, 7) is 12.7. The molecule has 11 heteroatoms. The van der Waals surface area contributed by atoms with Crippen LogP contribution < -0.4 is 15.0 Å². The lowest BCUT2D eigenvalue weighted by Crippen LogP contribution is -2.61. The number of carbonyl (C=O) groups excluding carboxylic acids is 1. The van der Waals surface area contributed by atoms with Gasteiger partial charge in [0, 0.05) is 56.1 Å². The lowest BCUT2D eigenvalue weighted by atomic mass is 9.83. The van der Waals surface area contributed by atoms with Crippen LogP contribution >= 0.6 is 23.2 Å². The van der Waals surface area contributed by atoms with Crippen molar-refractivity contribution in [3.8, 4) is 5.75 Å². The van der Waals surface area contributed by atoms with Crippen molar-refractivity contribution in [3.63, 3.8) is 0 Å². The van der Waals surface area contributed by atoms with Crippen LogP contribution in [0.2, 0.25) is 10.2 Å². The Labute approximate surface area is 221 Å². The lowest BCUT2D eigenvalue weighted by Gasteiger charge is -2.43. The zero-order valence-corrected chi connectivity index (χ0v) is 23.0. The number of nitrogens with zero attached hydrogens (tertiary/aromatic N) is 4. The highest BCUT2D eigenvalue weighted by Gasteiger charge is 2.51. The SMILES string of the molecule is CC(C)(C)C1Oc2c(Cl)c(Cl)nc(N3CC(N4CCC(F)(F)C4)CC3(C)C)c2C(=O)N2CCNC[C@H]12. The second-order valence-corrected chi connectivity index (χ2v) is 13.0. The summed E-state index contributed by atoms with van der Waals surface area (Å²) < 4.78 is 34.6. The molecule has 0 spiro atoms. The molecule has 1 N–H and O–H groups in total. The van der Waals surface area contributed by atoms with E-state index < -0.39 is 11.5 Å². The number of alkyl halides is 2. The summed E-state index contributed by atoms with van der Waals surface area (Å²) in [5, 5.41) is 3.58. The van der Waals surface area contributed by atoms with Gasteiger partial charge in [-0.25, -0.2) is 13.8 Å². The first kappa shape index (κ1) is 26.2. The molecule has 0 aromatic carbocycles. The first-order chi connectivity index (χ1) is 16.7. The van der Waals surface area contributed by atoms with Gasteiger partial charge in [-0.2, -0.15) is 0 Å². The number of likely N-dealkylation sites (tertiary alicyclic amines) is 1. The molecule has 36 heavy (non-hydrogen) atoms. The van der Waals surface area contributed by atoms with Gasteiger partial charge in [-0.05, 0) is 20.3 Å². The highest BCUT2D eigenvalue weighted by molar-refractivity contribution is 6.42. The van der Waals surface area contributed by atoms with E-state index in [9.17, 15) is 13.6 Å². The Hall–Kier alpha value is -1.42. The third kappa shape index (κ3) is 4.44. The number of amides is 1. The van der Waals surface area contributed by atoms with Crippen molar-refractivity contribution in [2.75, 3.05) is 44.2 Å². The Morgan fingerprint density at radius 3 is 2.56 bits per heavy atom. The maximum absolute atomic E-state index is 14.2. The van der Waals surface area contributed by atoms with Crippen LogP contribution in [0.1, 0.15) is 57.8 Å². The van der Waals surface area contributed by atoms with Crippen molar-refractivity contribution < 1.29 is 18.3 Å². The fraction of sp³-hybridized carbons (Fsp3) is 0.760. The highest BCUT2D eigenvalue weighted by Crippen LogP contribution is 2.48. The van der Waals surface area contributed by atoms with E-state index in [4.69, 9.17) is 27.9 Å². The molecule has 0 aliphatic carbocycles. The quantitative estimate of drug-likeness (QED) is 0.559. The molecular weight excluding hydrogens is 511 g/mol. The van der Waals surface area contributed by atoms with Crippen LogP contribution in [0.4, 0.5) is 14.6 Å². The molecule has 5 heterocycles. The van der Waals surface area contributed by atoms with E-state index in [2.05, 4.69) is 31.1 Å². The van der Waals surface area contributed by atoms with Gasteiger partial charge >= 0.3 is 0 Å². The largest absolute Gasteiger partial charge is 0.485 e. The monoisotopic (exact) mass is 545 g/mol. The fourth-order valence-corrected chi connectivity index (χ4v) is 6.60. The molecule has 3 fully saturated rings. The van der Waals surface area contributed by atoms with Gasteiger partial charge in [-0.3, -0.25) is 9.69 Å². The molecule has 7 nitrogen and oxygen atoms in total. The second kappa shape index (κ2) is 8.82. The Morgan fingerprint density at radius 2 is 1.92 bits per heavy atom. The molecule has 0 radical (unpaired) electrons. The number of anilines is 1. The number of nitrogens with one attached hydrogen (secondary N) is 1. The highest BCUT2D eigenvalue weighted by atomic mass is 35.5. The van der Waals surface area contributed by atoms with Crippen LogP contribution in [-0.2, 0) is 0 Å². The average molecular weight is 546 g/mol. The molecule has 3 saturated heterocycles. The van der Waals surface area contributed by atoms with E-state index in [1.807, 2.05) is 28.5 Å². The van der Waals surface area contributed by atoms with Crippen molar-refractivity contribution in [3.05, 3.63) is 15.7 Å². The zero-order chi connectivity index (χ0) is 26.2. The molecule has 5 rings (SSSR count). The second-order valence-electron chi connectivity index (χ2n) is 12.3. The van der Waals surface area contributed by atoms with Gasteiger partial charge in [0.1, 0.15) is 22.5 Å². The molecule has 1 aromatic heterocycles. The Morgan fingerprint density at radius 1 is 1.19 bits per heavy atom. The predicted molar refractivity (Wildman–Crippen MR) is 137 cm³/mol.